The molecule has 2 unspecified atom stereocenters. The smallest absolute Gasteiger partial charge is 0.223 e. The molecule has 1 amide bonds. The van der Waals surface area contributed by atoms with Crippen LogP contribution in [0.15, 0.2) is 23.1 Å². The first-order valence-electron chi connectivity index (χ1n) is 8.88. The molecule has 6 nitrogen and oxygen atoms in total. The highest BCUT2D eigenvalue weighted by atomic mass is 32.2. The Hall–Kier alpha value is -1.60. The van der Waals surface area contributed by atoms with Crippen molar-refractivity contribution in [3.63, 3.8) is 0 Å². The van der Waals surface area contributed by atoms with Crippen LogP contribution in [0.3, 0.4) is 0 Å². The maximum absolute atomic E-state index is 12.5. The van der Waals surface area contributed by atoms with Gasteiger partial charge in [0.1, 0.15) is 13.2 Å². The summed E-state index contributed by atoms with van der Waals surface area (Å²) in [5.41, 5.74) is 0. The first kappa shape index (κ1) is 18.2. The molecule has 3 rings (SSSR count). The van der Waals surface area contributed by atoms with Crippen LogP contribution in [0, 0.1) is 5.92 Å². The Morgan fingerprint density at radius 1 is 1.32 bits per heavy atom. The fourth-order valence-corrected chi connectivity index (χ4v) is 4.42. The molecule has 7 heteroatoms. The van der Waals surface area contributed by atoms with E-state index >= 15 is 0 Å². The Balaban J connectivity index is 1.52. The van der Waals surface area contributed by atoms with Crippen molar-refractivity contribution in [2.24, 2.45) is 5.92 Å². The van der Waals surface area contributed by atoms with Gasteiger partial charge in [-0.15, -0.1) is 0 Å². The molecule has 0 bridgehead atoms. The van der Waals surface area contributed by atoms with Gasteiger partial charge in [0.05, 0.1) is 10.8 Å². The van der Waals surface area contributed by atoms with Crippen molar-refractivity contribution in [2.75, 3.05) is 45.6 Å². The van der Waals surface area contributed by atoms with Crippen molar-refractivity contribution in [3.8, 4) is 11.5 Å². The van der Waals surface area contributed by atoms with E-state index in [0.29, 0.717) is 47.7 Å². The van der Waals surface area contributed by atoms with Crippen LogP contribution in [0.1, 0.15) is 19.3 Å². The Bertz CT molecular complexity index is 636. The summed E-state index contributed by atoms with van der Waals surface area (Å²) in [6.07, 6.45) is 2.52. The van der Waals surface area contributed by atoms with E-state index in [1.807, 2.05) is 11.9 Å². The SMILES string of the molecule is CNCC1CCCN(C(=O)CCS(=O)c2ccc3c(c2)OCCO3)C1. The zero-order valence-electron chi connectivity index (χ0n) is 14.7. The first-order valence-corrected chi connectivity index (χ1v) is 10.2. The number of ether oxygens (including phenoxy) is 2. The Kier molecular flexibility index (Phi) is 6.31. The van der Waals surface area contributed by atoms with Gasteiger partial charge < -0.3 is 19.7 Å². The molecular formula is C18H26N2O4S. The van der Waals surface area contributed by atoms with E-state index in [4.69, 9.17) is 9.47 Å². The molecule has 1 aromatic carbocycles. The number of likely N-dealkylation sites (tertiary alicyclic amines) is 1. The van der Waals surface area contributed by atoms with Gasteiger partial charge >= 0.3 is 0 Å². The van der Waals surface area contributed by atoms with Crippen LogP contribution in [-0.4, -0.2) is 60.7 Å². The fourth-order valence-electron chi connectivity index (χ4n) is 3.37. The molecule has 0 aliphatic carbocycles. The molecule has 1 fully saturated rings. The van der Waals surface area contributed by atoms with Crippen molar-refractivity contribution in [3.05, 3.63) is 18.2 Å². The lowest BCUT2D eigenvalue weighted by atomic mass is 9.98. The second-order valence-corrected chi connectivity index (χ2v) is 8.08. The van der Waals surface area contributed by atoms with Crippen LogP contribution < -0.4 is 14.8 Å². The van der Waals surface area contributed by atoms with Gasteiger partial charge in [-0.05, 0) is 44.5 Å². The van der Waals surface area contributed by atoms with Gasteiger partial charge in [0.2, 0.25) is 5.91 Å². The van der Waals surface area contributed by atoms with E-state index in [9.17, 15) is 9.00 Å². The molecule has 2 aliphatic heterocycles. The lowest BCUT2D eigenvalue weighted by Gasteiger charge is -2.32. The summed E-state index contributed by atoms with van der Waals surface area (Å²) in [7, 11) is 0.728. The van der Waals surface area contributed by atoms with Gasteiger partial charge in [0.25, 0.3) is 0 Å². The third-order valence-electron chi connectivity index (χ3n) is 4.64. The number of amides is 1. The van der Waals surface area contributed by atoms with Crippen molar-refractivity contribution >= 4 is 16.7 Å². The number of hydrogen-bond donors (Lipinski definition) is 1. The fraction of sp³-hybridized carbons (Fsp3) is 0.611. The molecule has 0 radical (unpaired) electrons. The highest BCUT2D eigenvalue weighted by Gasteiger charge is 2.23. The largest absolute Gasteiger partial charge is 0.486 e. The van der Waals surface area contributed by atoms with Gasteiger partial charge in [0.15, 0.2) is 11.5 Å². The molecule has 0 saturated carbocycles. The predicted molar refractivity (Wildman–Crippen MR) is 96.6 cm³/mol. The molecule has 138 valence electrons. The molecule has 1 saturated heterocycles. The lowest BCUT2D eigenvalue weighted by molar-refractivity contribution is -0.132. The number of fused-ring (bicyclic) bond motifs is 1. The number of nitrogens with zero attached hydrogens (tertiary/aromatic N) is 1. The number of hydrogen-bond acceptors (Lipinski definition) is 5. The third kappa shape index (κ3) is 4.73. The van der Waals surface area contributed by atoms with Crippen molar-refractivity contribution < 1.29 is 18.5 Å². The minimum Gasteiger partial charge on any atom is -0.486 e. The van der Waals surface area contributed by atoms with Gasteiger partial charge in [0, 0.05) is 36.2 Å². The number of piperidine rings is 1. The van der Waals surface area contributed by atoms with E-state index < -0.39 is 10.8 Å². The van der Waals surface area contributed by atoms with Gasteiger partial charge in [-0.3, -0.25) is 9.00 Å². The monoisotopic (exact) mass is 366 g/mol. The summed E-state index contributed by atoms with van der Waals surface area (Å²) in [5, 5.41) is 3.18. The van der Waals surface area contributed by atoms with E-state index in [1.165, 1.54) is 0 Å². The summed E-state index contributed by atoms with van der Waals surface area (Å²) in [4.78, 5) is 15.0. The maximum Gasteiger partial charge on any atom is 0.223 e. The Morgan fingerprint density at radius 3 is 2.92 bits per heavy atom. The van der Waals surface area contributed by atoms with E-state index in [2.05, 4.69) is 5.32 Å². The van der Waals surface area contributed by atoms with E-state index in [1.54, 1.807) is 18.2 Å². The van der Waals surface area contributed by atoms with Crippen LogP contribution in [0.25, 0.3) is 0 Å². The second-order valence-electron chi connectivity index (χ2n) is 6.51. The highest BCUT2D eigenvalue weighted by Crippen LogP contribution is 2.31. The summed E-state index contributed by atoms with van der Waals surface area (Å²) < 4.78 is 23.5. The number of carbonyl (C=O) groups excluding carboxylic acids is 1. The summed E-state index contributed by atoms with van der Waals surface area (Å²) in [6.45, 7) is 3.59. The molecule has 2 atom stereocenters. The molecule has 1 N–H and O–H groups in total. The zero-order valence-corrected chi connectivity index (χ0v) is 15.5. The normalized spacial score (nSPS) is 21.0. The molecule has 2 aliphatic rings. The minimum atomic E-state index is -1.21. The molecular weight excluding hydrogens is 340 g/mol. The van der Waals surface area contributed by atoms with Crippen LogP contribution in [0.5, 0.6) is 11.5 Å². The number of nitrogens with one attached hydrogen (secondary N) is 1. The third-order valence-corrected chi connectivity index (χ3v) is 6.00. The first-order chi connectivity index (χ1) is 12.2. The zero-order chi connectivity index (χ0) is 17.6. The number of benzene rings is 1. The van der Waals surface area contributed by atoms with E-state index in [-0.39, 0.29) is 5.91 Å². The maximum atomic E-state index is 12.5. The molecule has 25 heavy (non-hydrogen) atoms. The number of carbonyl (C=O) groups is 1. The average Bonchev–Trinajstić information content (AvgIpc) is 2.66. The Labute approximate surface area is 151 Å². The second kappa shape index (κ2) is 8.67. The average molecular weight is 366 g/mol. The quantitative estimate of drug-likeness (QED) is 0.825. The molecule has 1 aromatic rings. The lowest BCUT2D eigenvalue weighted by Crippen LogP contribution is -2.42. The number of rotatable bonds is 6. The van der Waals surface area contributed by atoms with Gasteiger partial charge in [-0.2, -0.15) is 0 Å². The summed E-state index contributed by atoms with van der Waals surface area (Å²) >= 11 is 0. The molecule has 0 spiro atoms. The van der Waals surface area contributed by atoms with E-state index in [0.717, 1.165) is 32.5 Å². The van der Waals surface area contributed by atoms with Crippen LogP contribution in [0.2, 0.25) is 0 Å². The predicted octanol–water partition coefficient (Wildman–Crippen LogP) is 1.41. The van der Waals surface area contributed by atoms with Gasteiger partial charge in [-0.25, -0.2) is 0 Å². The highest BCUT2D eigenvalue weighted by molar-refractivity contribution is 7.85. The van der Waals surface area contributed by atoms with Crippen molar-refractivity contribution in [2.45, 2.75) is 24.2 Å². The molecule has 2 heterocycles. The minimum absolute atomic E-state index is 0.103. The van der Waals surface area contributed by atoms with Crippen molar-refractivity contribution in [1.82, 2.24) is 10.2 Å². The summed E-state index contributed by atoms with van der Waals surface area (Å²) in [6, 6.07) is 5.34. The van der Waals surface area contributed by atoms with Crippen LogP contribution in [0.4, 0.5) is 0 Å². The van der Waals surface area contributed by atoms with Crippen LogP contribution in [-0.2, 0) is 15.6 Å². The standard InChI is InChI=1S/C18H26N2O4S/c1-19-12-14-3-2-7-20(13-14)18(21)6-10-25(22)15-4-5-16-17(11-15)24-9-8-23-16/h4-5,11,14,19H,2-3,6-10,12-13H2,1H3. The van der Waals surface area contributed by atoms with Crippen LogP contribution >= 0.6 is 0 Å². The summed E-state index contributed by atoms with van der Waals surface area (Å²) in [5.74, 6) is 2.28. The van der Waals surface area contributed by atoms with Gasteiger partial charge in [-0.1, -0.05) is 0 Å². The Morgan fingerprint density at radius 2 is 2.12 bits per heavy atom. The topological polar surface area (TPSA) is 67.9 Å². The van der Waals surface area contributed by atoms with Crippen molar-refractivity contribution in [1.29, 1.82) is 0 Å². The molecule has 0 aromatic heterocycles.